The molecule has 0 bridgehead atoms. The molecule has 2 amide bonds. The third kappa shape index (κ3) is 4.18. The Morgan fingerprint density at radius 1 is 1.21 bits per heavy atom. The first-order chi connectivity index (χ1) is 9.16. The fraction of sp³-hybridized carbons (Fsp3) is 0.846. The summed E-state index contributed by atoms with van der Waals surface area (Å²) in [5.74, 6) is 0.230. The van der Waals surface area contributed by atoms with Crippen LogP contribution in [0.3, 0.4) is 0 Å². The molecule has 0 aromatic rings. The lowest BCUT2D eigenvalue weighted by atomic mass is 10.2. The second-order valence-electron chi connectivity index (χ2n) is 5.14. The van der Waals surface area contributed by atoms with E-state index in [4.69, 9.17) is 4.74 Å². The lowest BCUT2D eigenvalue weighted by Crippen LogP contribution is -2.43. The Labute approximate surface area is 114 Å². The zero-order chi connectivity index (χ0) is 13.7. The van der Waals surface area contributed by atoms with Crippen LogP contribution in [0.15, 0.2) is 0 Å². The number of rotatable bonds is 2. The minimum atomic E-state index is -0.00610. The van der Waals surface area contributed by atoms with Crippen molar-refractivity contribution in [2.45, 2.75) is 25.9 Å². The lowest BCUT2D eigenvalue weighted by Gasteiger charge is -2.27. The van der Waals surface area contributed by atoms with Crippen LogP contribution >= 0.6 is 0 Å². The van der Waals surface area contributed by atoms with Gasteiger partial charge in [-0.25, -0.2) is 0 Å². The molecule has 1 atom stereocenters. The summed E-state index contributed by atoms with van der Waals surface area (Å²) in [6.45, 7) is 6.64. The molecule has 2 rings (SSSR count). The SMILES string of the molecule is CC(=O)N1CCCN(C(=O)CC2CNCCO2)CC1. The summed E-state index contributed by atoms with van der Waals surface area (Å²) in [5, 5.41) is 3.23. The van der Waals surface area contributed by atoms with Crippen LogP contribution in [-0.4, -0.2) is 73.6 Å². The van der Waals surface area contributed by atoms with Gasteiger partial charge in [-0.05, 0) is 6.42 Å². The van der Waals surface area contributed by atoms with Gasteiger partial charge in [0.2, 0.25) is 11.8 Å². The largest absolute Gasteiger partial charge is 0.375 e. The van der Waals surface area contributed by atoms with E-state index in [1.54, 1.807) is 6.92 Å². The summed E-state index contributed by atoms with van der Waals surface area (Å²) in [4.78, 5) is 27.2. The van der Waals surface area contributed by atoms with Crippen LogP contribution in [0, 0.1) is 0 Å². The van der Waals surface area contributed by atoms with E-state index in [0.717, 1.165) is 32.6 Å². The first-order valence-electron chi connectivity index (χ1n) is 7.02. The highest BCUT2D eigenvalue weighted by Crippen LogP contribution is 2.09. The van der Waals surface area contributed by atoms with Gasteiger partial charge in [-0.1, -0.05) is 0 Å². The van der Waals surface area contributed by atoms with Gasteiger partial charge in [0.1, 0.15) is 0 Å². The summed E-state index contributed by atoms with van der Waals surface area (Å²) in [7, 11) is 0. The van der Waals surface area contributed by atoms with E-state index >= 15 is 0 Å². The molecular formula is C13H23N3O3. The molecule has 0 radical (unpaired) electrons. The van der Waals surface area contributed by atoms with E-state index in [1.807, 2.05) is 9.80 Å². The molecule has 1 unspecified atom stereocenters. The molecule has 108 valence electrons. The highest BCUT2D eigenvalue weighted by Gasteiger charge is 2.24. The van der Waals surface area contributed by atoms with E-state index in [2.05, 4.69) is 5.32 Å². The van der Waals surface area contributed by atoms with Crippen molar-refractivity contribution < 1.29 is 14.3 Å². The molecule has 19 heavy (non-hydrogen) atoms. The Balaban J connectivity index is 1.80. The van der Waals surface area contributed by atoms with Crippen molar-refractivity contribution in [1.29, 1.82) is 0 Å². The van der Waals surface area contributed by atoms with Crippen molar-refractivity contribution >= 4 is 11.8 Å². The van der Waals surface area contributed by atoms with Gasteiger partial charge < -0.3 is 19.9 Å². The van der Waals surface area contributed by atoms with Crippen molar-refractivity contribution in [1.82, 2.24) is 15.1 Å². The smallest absolute Gasteiger partial charge is 0.225 e. The fourth-order valence-electron chi connectivity index (χ4n) is 2.56. The summed E-state index contributed by atoms with van der Waals surface area (Å²) >= 11 is 0. The van der Waals surface area contributed by atoms with Crippen LogP contribution in [0.2, 0.25) is 0 Å². The van der Waals surface area contributed by atoms with Gasteiger partial charge in [0, 0.05) is 46.2 Å². The number of ether oxygens (including phenoxy) is 1. The molecule has 0 aromatic carbocycles. The third-order valence-corrected chi connectivity index (χ3v) is 3.70. The minimum absolute atomic E-state index is 0.00610. The Bertz CT molecular complexity index is 329. The monoisotopic (exact) mass is 269 g/mol. The molecular weight excluding hydrogens is 246 g/mol. The Morgan fingerprint density at radius 2 is 1.95 bits per heavy atom. The van der Waals surface area contributed by atoms with Crippen molar-refractivity contribution in [2.75, 3.05) is 45.9 Å². The van der Waals surface area contributed by atoms with Gasteiger partial charge in [0.25, 0.3) is 0 Å². The molecule has 2 heterocycles. The molecule has 0 saturated carbocycles. The number of hydrogen-bond donors (Lipinski definition) is 1. The molecule has 6 nitrogen and oxygen atoms in total. The van der Waals surface area contributed by atoms with Gasteiger partial charge in [-0.15, -0.1) is 0 Å². The van der Waals surface area contributed by atoms with Crippen LogP contribution in [-0.2, 0) is 14.3 Å². The lowest BCUT2D eigenvalue weighted by molar-refractivity contribution is -0.135. The maximum absolute atomic E-state index is 12.2. The maximum Gasteiger partial charge on any atom is 0.225 e. The summed E-state index contributed by atoms with van der Waals surface area (Å²) in [6, 6.07) is 0. The second-order valence-corrected chi connectivity index (χ2v) is 5.14. The number of amides is 2. The number of nitrogens with one attached hydrogen (secondary N) is 1. The molecule has 0 aliphatic carbocycles. The first kappa shape index (κ1) is 14.3. The van der Waals surface area contributed by atoms with E-state index in [1.165, 1.54) is 0 Å². The van der Waals surface area contributed by atoms with Gasteiger partial charge >= 0.3 is 0 Å². The molecule has 2 fully saturated rings. The fourth-order valence-corrected chi connectivity index (χ4v) is 2.56. The van der Waals surface area contributed by atoms with E-state index < -0.39 is 0 Å². The van der Waals surface area contributed by atoms with Crippen LogP contribution < -0.4 is 5.32 Å². The minimum Gasteiger partial charge on any atom is -0.375 e. The predicted octanol–water partition coefficient (Wildman–Crippen LogP) is -0.554. The second kappa shape index (κ2) is 6.86. The number of carbonyl (C=O) groups is 2. The summed E-state index contributed by atoms with van der Waals surface area (Å²) < 4.78 is 5.56. The third-order valence-electron chi connectivity index (χ3n) is 3.70. The molecule has 2 aliphatic rings. The van der Waals surface area contributed by atoms with Crippen molar-refractivity contribution in [3.05, 3.63) is 0 Å². The van der Waals surface area contributed by atoms with Gasteiger partial charge in [-0.3, -0.25) is 9.59 Å². The normalized spacial score (nSPS) is 25.0. The summed E-state index contributed by atoms with van der Waals surface area (Å²) in [5.41, 5.74) is 0. The molecule has 2 aliphatic heterocycles. The van der Waals surface area contributed by atoms with Crippen LogP contribution in [0.1, 0.15) is 19.8 Å². The topological polar surface area (TPSA) is 61.9 Å². The Hall–Kier alpha value is -1.14. The number of hydrogen-bond acceptors (Lipinski definition) is 4. The van der Waals surface area contributed by atoms with E-state index in [-0.39, 0.29) is 17.9 Å². The van der Waals surface area contributed by atoms with Crippen LogP contribution in [0.4, 0.5) is 0 Å². The summed E-state index contributed by atoms with van der Waals surface area (Å²) in [6.07, 6.45) is 1.29. The van der Waals surface area contributed by atoms with Crippen molar-refractivity contribution in [3.8, 4) is 0 Å². The highest BCUT2D eigenvalue weighted by atomic mass is 16.5. The average molecular weight is 269 g/mol. The molecule has 2 saturated heterocycles. The molecule has 0 aromatic heterocycles. The van der Waals surface area contributed by atoms with Crippen molar-refractivity contribution in [2.24, 2.45) is 0 Å². The van der Waals surface area contributed by atoms with Crippen LogP contribution in [0.5, 0.6) is 0 Å². The van der Waals surface area contributed by atoms with Crippen molar-refractivity contribution in [3.63, 3.8) is 0 Å². The van der Waals surface area contributed by atoms with E-state index in [0.29, 0.717) is 26.1 Å². The average Bonchev–Trinajstić information content (AvgIpc) is 2.65. The highest BCUT2D eigenvalue weighted by molar-refractivity contribution is 5.77. The van der Waals surface area contributed by atoms with E-state index in [9.17, 15) is 9.59 Å². The van der Waals surface area contributed by atoms with Gasteiger partial charge in [0.05, 0.1) is 19.1 Å². The van der Waals surface area contributed by atoms with Crippen LogP contribution in [0.25, 0.3) is 0 Å². The standard InChI is InChI=1S/C13H23N3O3/c1-11(17)15-4-2-5-16(7-6-15)13(18)9-12-10-14-3-8-19-12/h12,14H,2-10H2,1H3. The Morgan fingerprint density at radius 3 is 2.63 bits per heavy atom. The quantitative estimate of drug-likeness (QED) is 0.730. The maximum atomic E-state index is 12.2. The first-order valence-corrected chi connectivity index (χ1v) is 7.02. The Kier molecular flexibility index (Phi) is 5.15. The molecule has 0 spiro atoms. The molecule has 1 N–H and O–H groups in total. The van der Waals surface area contributed by atoms with Gasteiger partial charge in [-0.2, -0.15) is 0 Å². The van der Waals surface area contributed by atoms with Gasteiger partial charge in [0.15, 0.2) is 0 Å². The number of carbonyl (C=O) groups excluding carboxylic acids is 2. The predicted molar refractivity (Wildman–Crippen MR) is 70.7 cm³/mol. The number of nitrogens with zero attached hydrogens (tertiary/aromatic N) is 2. The molecule has 6 heteroatoms. The zero-order valence-corrected chi connectivity index (χ0v) is 11.6. The number of morpholine rings is 1. The zero-order valence-electron chi connectivity index (χ0n) is 11.6.